The molecule has 16 rings (SSSR count). The predicted molar refractivity (Wildman–Crippen MR) is 352 cm³/mol. The van der Waals surface area contributed by atoms with Crippen LogP contribution >= 0.6 is 0 Å². The second-order valence-corrected chi connectivity index (χ2v) is 28.2. The summed E-state index contributed by atoms with van der Waals surface area (Å²) in [6.45, 7) is 27.4. The lowest BCUT2D eigenvalue weighted by Gasteiger charge is -2.38. The number of benzene rings is 4. The van der Waals surface area contributed by atoms with Crippen LogP contribution < -0.4 is 19.6 Å². The molecule has 4 aromatic rings. The predicted octanol–water partition coefficient (Wildman–Crippen LogP) is 12.7. The summed E-state index contributed by atoms with van der Waals surface area (Å²) in [5, 5.41) is 10.7. The number of fused-ring (bicyclic) bond motifs is 8. The van der Waals surface area contributed by atoms with E-state index in [-0.39, 0.29) is 16.4 Å². The highest BCUT2D eigenvalue weighted by atomic mass is 19.1. The highest BCUT2D eigenvalue weighted by Crippen LogP contribution is 2.47. The minimum atomic E-state index is -0.342. The van der Waals surface area contributed by atoms with Crippen LogP contribution in [0.5, 0.6) is 0 Å². The fraction of sp³-hybridized carbons (Fsp3) is 0.568. The maximum absolute atomic E-state index is 13.8. The molecule has 0 N–H and O–H groups in total. The number of hydrogen-bond donors (Lipinski definition) is 0. The molecule has 8 bridgehead atoms. The highest BCUT2D eigenvalue weighted by molar-refractivity contribution is 5.55. The van der Waals surface area contributed by atoms with E-state index in [2.05, 4.69) is 150 Å². The van der Waals surface area contributed by atoms with Gasteiger partial charge in [-0.05, 0) is 190 Å². The number of nitro groups is 1. The number of aryl methyl sites for hydroxylation is 2. The summed E-state index contributed by atoms with van der Waals surface area (Å²) in [5.41, 5.74) is 7.64. The lowest BCUT2D eigenvalue weighted by atomic mass is 9.93. The van der Waals surface area contributed by atoms with E-state index in [1.54, 1.807) is 24.3 Å². The second-order valence-electron chi connectivity index (χ2n) is 28.2. The van der Waals surface area contributed by atoms with E-state index in [0.29, 0.717) is 0 Å². The molecule has 4 aliphatic heterocycles. The number of allylic oxidation sites excluding steroid dienone is 8. The minimum absolute atomic E-state index is 0.0933. The maximum atomic E-state index is 13.8. The first-order valence-corrected chi connectivity index (χ1v) is 33.8. The van der Waals surface area contributed by atoms with E-state index in [4.69, 9.17) is 0 Å². The smallest absolute Gasteiger partial charge is 0.269 e. The zero-order valence-corrected chi connectivity index (χ0v) is 51.8. The first-order chi connectivity index (χ1) is 42.0. The standard InChI is InChI=1S/C20H28N2.C18H23FN2.C18H23N3O2.C18H24N2/c1-15-3-4-16(2)20(11-15)22-9-7-21(8-10-22)14-19-13-17-5-6-18(19)12-17;19-17-3-1-2-4-18(17)21-9-7-20(8-10-21)13-16-12-14-5-6-15(16)11-14;22-21(23)18-5-3-17(4-6-18)20-9-7-19(8-10-20)13-16-12-14-1-2-15(16)11-14;1-2-4-18(5-3-1)20-10-8-19(9-11-20)14-17-13-15-6-7-16(17)12-15/h3-6,11,17-19H,7-10,12-14H2,1-2H3;1-6,14-16H,7-13H2;1-6,14-16H,7-13H2;1-7,15-17H,8-14H2. The van der Waals surface area contributed by atoms with E-state index in [1.165, 1.54) is 152 Å². The number of rotatable bonds is 13. The summed E-state index contributed by atoms with van der Waals surface area (Å²) >= 11 is 0. The molecule has 8 aliphatic carbocycles. The van der Waals surface area contributed by atoms with Crippen molar-refractivity contribution in [2.24, 2.45) is 71.0 Å². The molecule has 458 valence electrons. The minimum Gasteiger partial charge on any atom is -0.369 e. The molecule has 0 spiro atoms. The molecule has 0 aromatic heterocycles. The molecule has 4 heterocycles. The van der Waals surface area contributed by atoms with Gasteiger partial charge < -0.3 is 19.6 Å². The van der Waals surface area contributed by atoms with Crippen LogP contribution in [0.15, 0.2) is 146 Å². The van der Waals surface area contributed by atoms with Crippen molar-refractivity contribution in [3.8, 4) is 0 Å². The largest absolute Gasteiger partial charge is 0.369 e. The molecular weight excluding hydrogens is 1070 g/mol. The Morgan fingerprint density at radius 2 is 0.756 bits per heavy atom. The number of piperazine rings is 4. The van der Waals surface area contributed by atoms with Crippen molar-refractivity contribution >= 4 is 28.4 Å². The fourth-order valence-corrected chi connectivity index (χ4v) is 17.7. The normalized spacial score (nSPS) is 31.5. The molecule has 86 heavy (non-hydrogen) atoms. The van der Waals surface area contributed by atoms with E-state index >= 15 is 0 Å². The Kier molecular flexibility index (Phi) is 18.8. The quantitative estimate of drug-likeness (QED) is 0.0735. The van der Waals surface area contributed by atoms with Gasteiger partial charge in [0.2, 0.25) is 0 Å². The number of anilines is 4. The van der Waals surface area contributed by atoms with Crippen molar-refractivity contribution in [3.05, 3.63) is 173 Å². The number of hydrogen-bond acceptors (Lipinski definition) is 10. The van der Waals surface area contributed by atoms with E-state index in [1.807, 2.05) is 24.3 Å². The maximum Gasteiger partial charge on any atom is 0.269 e. The third-order valence-electron chi connectivity index (χ3n) is 22.6. The van der Waals surface area contributed by atoms with Gasteiger partial charge in [0.1, 0.15) is 5.82 Å². The molecule has 8 fully saturated rings. The van der Waals surface area contributed by atoms with Gasteiger partial charge in [-0.2, -0.15) is 0 Å². The van der Waals surface area contributed by atoms with Gasteiger partial charge in [0.05, 0.1) is 10.6 Å². The summed E-state index contributed by atoms with van der Waals surface area (Å²) < 4.78 is 13.8. The van der Waals surface area contributed by atoms with Gasteiger partial charge in [0.25, 0.3) is 5.69 Å². The Bertz CT molecular complexity index is 2990. The number of nitro benzene ring substituents is 1. The van der Waals surface area contributed by atoms with Crippen LogP contribution in [-0.4, -0.2) is 155 Å². The van der Waals surface area contributed by atoms with Crippen molar-refractivity contribution in [1.29, 1.82) is 0 Å². The van der Waals surface area contributed by atoms with Gasteiger partial charge in [0.15, 0.2) is 0 Å². The summed E-state index contributed by atoms with van der Waals surface area (Å²) in [4.78, 5) is 30.6. The molecule has 0 radical (unpaired) electrons. The molecule has 4 saturated heterocycles. The zero-order valence-electron chi connectivity index (χ0n) is 51.8. The molecular formula is C74H98FN9O2. The van der Waals surface area contributed by atoms with Crippen molar-refractivity contribution < 1.29 is 9.31 Å². The van der Waals surface area contributed by atoms with Crippen LogP contribution in [0.4, 0.5) is 32.8 Å². The topological polar surface area (TPSA) is 69.1 Å². The van der Waals surface area contributed by atoms with Crippen LogP contribution in [0.25, 0.3) is 0 Å². The third-order valence-corrected chi connectivity index (χ3v) is 22.6. The number of non-ortho nitro benzene ring substituents is 1. The van der Waals surface area contributed by atoms with E-state index < -0.39 is 0 Å². The van der Waals surface area contributed by atoms with Crippen LogP contribution in [0.1, 0.15) is 62.5 Å². The molecule has 11 nitrogen and oxygen atoms in total. The van der Waals surface area contributed by atoms with Gasteiger partial charge >= 0.3 is 0 Å². The molecule has 12 unspecified atom stereocenters. The van der Waals surface area contributed by atoms with Crippen molar-refractivity contribution in [2.75, 3.05) is 150 Å². The van der Waals surface area contributed by atoms with Gasteiger partial charge in [0, 0.05) is 160 Å². The van der Waals surface area contributed by atoms with Crippen molar-refractivity contribution in [2.45, 2.75) is 65.2 Å². The number of para-hydroxylation sites is 2. The Hall–Kier alpha value is -5.79. The monoisotopic (exact) mass is 1160 g/mol. The molecule has 4 aromatic carbocycles. The molecule has 12 atom stereocenters. The van der Waals surface area contributed by atoms with Crippen molar-refractivity contribution in [3.63, 3.8) is 0 Å². The van der Waals surface area contributed by atoms with E-state index in [9.17, 15) is 14.5 Å². The van der Waals surface area contributed by atoms with Gasteiger partial charge in [-0.25, -0.2) is 4.39 Å². The number of nitrogens with zero attached hydrogens (tertiary/aromatic N) is 9. The Morgan fingerprint density at radius 3 is 1.12 bits per heavy atom. The number of halogens is 1. The summed E-state index contributed by atoms with van der Waals surface area (Å²) in [7, 11) is 0. The van der Waals surface area contributed by atoms with Gasteiger partial charge in [-0.1, -0.05) is 91.1 Å². The summed E-state index contributed by atoms with van der Waals surface area (Å²) in [6.07, 6.45) is 30.9. The third kappa shape index (κ3) is 14.4. The van der Waals surface area contributed by atoms with E-state index in [0.717, 1.165) is 135 Å². The molecule has 4 saturated carbocycles. The Morgan fingerprint density at radius 1 is 0.395 bits per heavy atom. The first kappa shape index (κ1) is 59.2. The Labute approximate surface area is 514 Å². The highest BCUT2D eigenvalue weighted by Gasteiger charge is 2.40. The first-order valence-electron chi connectivity index (χ1n) is 33.8. The van der Waals surface area contributed by atoms with Crippen LogP contribution in [-0.2, 0) is 0 Å². The van der Waals surface area contributed by atoms with Crippen molar-refractivity contribution in [1.82, 2.24) is 19.6 Å². The zero-order chi connectivity index (χ0) is 58.5. The average molecular weight is 1160 g/mol. The summed E-state index contributed by atoms with van der Waals surface area (Å²) in [6, 6.07) is 31.8. The molecule has 12 heteroatoms. The van der Waals surface area contributed by atoms with Gasteiger partial charge in [-0.3, -0.25) is 29.7 Å². The molecule has 12 aliphatic rings. The molecule has 0 amide bonds. The van der Waals surface area contributed by atoms with Crippen LogP contribution in [0.3, 0.4) is 0 Å². The van der Waals surface area contributed by atoms with Crippen LogP contribution in [0, 0.1) is 101 Å². The fourth-order valence-electron chi connectivity index (χ4n) is 17.7. The summed E-state index contributed by atoms with van der Waals surface area (Å²) in [5.74, 6) is 10.5. The van der Waals surface area contributed by atoms with Crippen LogP contribution in [0.2, 0.25) is 0 Å². The SMILES string of the molecule is C1=CC2CC1CC2CN1CCN(c2ccccc2)CC1.Cc1ccc(C)c(N2CCN(CC3CC4C=CC3C4)CC2)c1.Fc1ccccc1N1CCN(CC2CC3C=CC2C3)CC1.O=[N+]([O-])c1ccc(N2CCN(CC3CC4C=CC3C4)CC2)cc1. The lowest BCUT2D eigenvalue weighted by Crippen LogP contribution is -2.48. The van der Waals surface area contributed by atoms with Gasteiger partial charge in [-0.15, -0.1) is 0 Å². The second kappa shape index (κ2) is 27.3. The Balaban J connectivity index is 0.000000106. The lowest BCUT2D eigenvalue weighted by molar-refractivity contribution is -0.384. The average Bonchev–Trinajstić information content (AvgIpc) is 3.00.